The molecule has 7 nitrogen and oxygen atoms in total. The second-order valence-corrected chi connectivity index (χ2v) is 7.62. The van der Waals surface area contributed by atoms with Gasteiger partial charge in [-0.3, -0.25) is 19.3 Å². The van der Waals surface area contributed by atoms with Crippen LogP contribution in [0.3, 0.4) is 0 Å². The van der Waals surface area contributed by atoms with Crippen LogP contribution in [0.2, 0.25) is 0 Å². The lowest BCUT2D eigenvalue weighted by Gasteiger charge is -2.17. The van der Waals surface area contributed by atoms with E-state index in [1.807, 2.05) is 51.1 Å². The van der Waals surface area contributed by atoms with E-state index >= 15 is 0 Å². The number of hydrogen-bond acceptors (Lipinski definition) is 5. The van der Waals surface area contributed by atoms with Crippen LogP contribution in [0.15, 0.2) is 48.5 Å². The van der Waals surface area contributed by atoms with E-state index in [1.54, 1.807) is 0 Å². The molecule has 2 aromatic rings. The molecule has 0 saturated heterocycles. The molecule has 1 atom stereocenters. The van der Waals surface area contributed by atoms with Gasteiger partial charge in [-0.05, 0) is 36.6 Å². The number of amides is 3. The molecule has 0 unspecified atom stereocenters. The zero-order valence-electron chi connectivity index (χ0n) is 17.2. The molecule has 156 valence electrons. The summed E-state index contributed by atoms with van der Waals surface area (Å²) < 4.78 is 5.05. The Morgan fingerprint density at radius 2 is 1.63 bits per heavy atom. The lowest BCUT2D eigenvalue weighted by Crippen LogP contribution is -2.38. The summed E-state index contributed by atoms with van der Waals surface area (Å²) in [5, 5.41) is 2.75. The molecule has 30 heavy (non-hydrogen) atoms. The maximum atomic E-state index is 12.7. The highest BCUT2D eigenvalue weighted by molar-refractivity contribution is 6.21. The molecule has 1 aliphatic heterocycles. The Labute approximate surface area is 175 Å². The van der Waals surface area contributed by atoms with Crippen molar-refractivity contribution >= 4 is 23.7 Å². The largest absolute Gasteiger partial charge is 0.452 e. The number of imide groups is 1. The highest BCUT2D eigenvalue weighted by Gasteiger charge is 2.36. The van der Waals surface area contributed by atoms with E-state index < -0.39 is 30.3 Å². The Kier molecular flexibility index (Phi) is 6.30. The van der Waals surface area contributed by atoms with E-state index in [0.717, 1.165) is 10.5 Å². The minimum atomic E-state index is -0.730. The van der Waals surface area contributed by atoms with Crippen LogP contribution in [-0.2, 0) is 16.1 Å². The van der Waals surface area contributed by atoms with Crippen molar-refractivity contribution in [3.63, 3.8) is 0 Å². The number of carbonyl (C=O) groups excluding carboxylic acids is 4. The van der Waals surface area contributed by atoms with Crippen LogP contribution in [0.1, 0.15) is 57.4 Å². The number of carbonyl (C=O) groups is 4. The maximum Gasteiger partial charge on any atom is 0.338 e. The predicted octanol–water partition coefficient (Wildman–Crippen LogP) is 2.80. The van der Waals surface area contributed by atoms with Crippen LogP contribution < -0.4 is 5.32 Å². The van der Waals surface area contributed by atoms with Crippen LogP contribution in [-0.4, -0.2) is 41.2 Å². The van der Waals surface area contributed by atoms with Gasteiger partial charge in [-0.15, -0.1) is 0 Å². The average Bonchev–Trinajstić information content (AvgIpc) is 2.97. The highest BCUT2D eigenvalue weighted by atomic mass is 16.5. The highest BCUT2D eigenvalue weighted by Crippen LogP contribution is 2.26. The summed E-state index contributed by atoms with van der Waals surface area (Å²) in [5.74, 6) is -1.74. The van der Waals surface area contributed by atoms with Crippen LogP contribution in [0.5, 0.6) is 0 Å². The quantitative estimate of drug-likeness (QED) is 0.562. The smallest absolute Gasteiger partial charge is 0.338 e. The minimum absolute atomic E-state index is 0.0459. The van der Waals surface area contributed by atoms with Gasteiger partial charge >= 0.3 is 5.97 Å². The zero-order valence-corrected chi connectivity index (χ0v) is 17.2. The molecule has 3 amide bonds. The van der Waals surface area contributed by atoms with Gasteiger partial charge in [0.15, 0.2) is 6.61 Å². The Morgan fingerprint density at radius 1 is 0.967 bits per heavy atom. The van der Waals surface area contributed by atoms with E-state index in [-0.39, 0.29) is 35.2 Å². The molecule has 0 aliphatic carbocycles. The third-order valence-electron chi connectivity index (χ3n) is 5.11. The van der Waals surface area contributed by atoms with Crippen LogP contribution in [0.4, 0.5) is 0 Å². The maximum absolute atomic E-state index is 12.7. The molecule has 1 heterocycles. The molecule has 0 fully saturated rings. The summed E-state index contributed by atoms with van der Waals surface area (Å²) in [4.78, 5) is 50.7. The molecule has 0 spiro atoms. The van der Waals surface area contributed by atoms with Crippen molar-refractivity contribution in [3.05, 3.63) is 70.8 Å². The predicted molar refractivity (Wildman–Crippen MR) is 110 cm³/mol. The van der Waals surface area contributed by atoms with Gasteiger partial charge in [-0.2, -0.15) is 0 Å². The number of ether oxygens (including phenoxy) is 1. The van der Waals surface area contributed by atoms with Crippen LogP contribution >= 0.6 is 0 Å². The van der Waals surface area contributed by atoms with Crippen molar-refractivity contribution in [1.82, 2.24) is 10.2 Å². The fourth-order valence-corrected chi connectivity index (χ4v) is 3.00. The Morgan fingerprint density at radius 3 is 2.30 bits per heavy atom. The summed E-state index contributed by atoms with van der Waals surface area (Å²) in [7, 11) is 0. The molecular weight excluding hydrogens is 384 g/mol. The molecule has 0 bridgehead atoms. The number of nitrogens with zero attached hydrogens (tertiary/aromatic N) is 1. The Balaban J connectivity index is 1.67. The first kappa shape index (κ1) is 21.2. The molecule has 2 aromatic carbocycles. The fourth-order valence-electron chi connectivity index (χ4n) is 3.00. The van der Waals surface area contributed by atoms with E-state index in [0.29, 0.717) is 0 Å². The van der Waals surface area contributed by atoms with E-state index in [4.69, 9.17) is 4.74 Å². The van der Waals surface area contributed by atoms with Crippen molar-refractivity contribution in [2.24, 2.45) is 5.92 Å². The molecule has 1 aliphatic rings. The average molecular weight is 408 g/mol. The van der Waals surface area contributed by atoms with Gasteiger partial charge in [0.05, 0.1) is 23.2 Å². The summed E-state index contributed by atoms with van der Waals surface area (Å²) in [6.07, 6.45) is 0. The number of nitrogens with one attached hydrogen (secondary N) is 1. The number of esters is 1. The van der Waals surface area contributed by atoms with Gasteiger partial charge in [0.25, 0.3) is 17.7 Å². The van der Waals surface area contributed by atoms with Gasteiger partial charge in [-0.25, -0.2) is 4.79 Å². The number of benzene rings is 2. The normalized spacial score (nSPS) is 13.9. The van der Waals surface area contributed by atoms with Crippen molar-refractivity contribution in [1.29, 1.82) is 0 Å². The first-order chi connectivity index (χ1) is 14.3. The van der Waals surface area contributed by atoms with Crippen LogP contribution in [0, 0.1) is 5.92 Å². The van der Waals surface area contributed by atoms with Gasteiger partial charge in [-0.1, -0.05) is 44.2 Å². The Bertz CT molecular complexity index is 984. The number of rotatable bonds is 7. The van der Waals surface area contributed by atoms with Gasteiger partial charge in [0.1, 0.15) is 0 Å². The SMILES string of the molecule is CC(C)[C@H](C)NC(=O)COC(=O)c1ccc2c(c1)C(=O)N(Cc1ccccc1)C2=O. The summed E-state index contributed by atoms with van der Waals surface area (Å²) in [6.45, 7) is 5.55. The van der Waals surface area contributed by atoms with Crippen molar-refractivity contribution in [3.8, 4) is 0 Å². The van der Waals surface area contributed by atoms with E-state index in [9.17, 15) is 19.2 Å². The van der Waals surface area contributed by atoms with Crippen molar-refractivity contribution in [2.75, 3.05) is 6.61 Å². The minimum Gasteiger partial charge on any atom is -0.452 e. The summed E-state index contributed by atoms with van der Waals surface area (Å²) in [5.41, 5.74) is 1.34. The second kappa shape index (κ2) is 8.90. The fraction of sp³-hybridized carbons (Fsp3) is 0.304. The van der Waals surface area contributed by atoms with Crippen molar-refractivity contribution in [2.45, 2.75) is 33.4 Å². The molecule has 0 aromatic heterocycles. The van der Waals surface area contributed by atoms with Gasteiger partial charge in [0, 0.05) is 6.04 Å². The van der Waals surface area contributed by atoms with Crippen LogP contribution in [0.25, 0.3) is 0 Å². The standard InChI is InChI=1S/C23H24N2O5/c1-14(2)15(3)24-20(26)13-30-23(29)17-9-10-18-19(11-17)22(28)25(21(18)27)12-16-7-5-4-6-8-16/h4-11,14-15H,12-13H2,1-3H3,(H,24,26)/t15-/m0/s1. The summed E-state index contributed by atoms with van der Waals surface area (Å²) in [6, 6.07) is 13.3. The third kappa shape index (κ3) is 4.56. The van der Waals surface area contributed by atoms with Gasteiger partial charge < -0.3 is 10.1 Å². The molecule has 7 heteroatoms. The lowest BCUT2D eigenvalue weighted by molar-refractivity contribution is -0.125. The molecule has 0 radical (unpaired) electrons. The lowest BCUT2D eigenvalue weighted by atomic mass is 10.1. The third-order valence-corrected chi connectivity index (χ3v) is 5.11. The first-order valence-corrected chi connectivity index (χ1v) is 9.78. The zero-order chi connectivity index (χ0) is 21.8. The molecule has 0 saturated carbocycles. The van der Waals surface area contributed by atoms with E-state index in [1.165, 1.54) is 18.2 Å². The molecule has 3 rings (SSSR count). The number of fused-ring (bicyclic) bond motifs is 1. The topological polar surface area (TPSA) is 92.8 Å². The van der Waals surface area contributed by atoms with Crippen molar-refractivity contribution < 1.29 is 23.9 Å². The number of hydrogen-bond donors (Lipinski definition) is 1. The molecular formula is C23H24N2O5. The first-order valence-electron chi connectivity index (χ1n) is 9.78. The summed E-state index contributed by atoms with van der Waals surface area (Å²) >= 11 is 0. The van der Waals surface area contributed by atoms with E-state index in [2.05, 4.69) is 5.32 Å². The molecule has 1 N–H and O–H groups in total. The van der Waals surface area contributed by atoms with Gasteiger partial charge in [0.2, 0.25) is 0 Å². The second-order valence-electron chi connectivity index (χ2n) is 7.62. The Hall–Kier alpha value is -3.48. The monoisotopic (exact) mass is 408 g/mol.